The van der Waals surface area contributed by atoms with Crippen molar-refractivity contribution >= 4 is 17.5 Å². The van der Waals surface area contributed by atoms with Gasteiger partial charge in [0.1, 0.15) is 12.4 Å². The molecule has 1 aromatic rings. The van der Waals surface area contributed by atoms with Gasteiger partial charge in [0, 0.05) is 18.2 Å². The van der Waals surface area contributed by atoms with Crippen LogP contribution in [0.3, 0.4) is 0 Å². The van der Waals surface area contributed by atoms with Crippen LogP contribution in [0.5, 0.6) is 5.75 Å². The fourth-order valence-corrected chi connectivity index (χ4v) is 1.88. The molecule has 98 valence electrons. The first-order valence-electron chi connectivity index (χ1n) is 5.64. The van der Waals surface area contributed by atoms with Crippen LogP contribution in [0.15, 0.2) is 29.8 Å². The van der Waals surface area contributed by atoms with Crippen LogP contribution in [0.2, 0.25) is 0 Å². The highest BCUT2D eigenvalue weighted by Gasteiger charge is 2.27. The van der Waals surface area contributed by atoms with Crippen LogP contribution in [-0.4, -0.2) is 31.3 Å². The average molecular weight is 260 g/mol. The van der Waals surface area contributed by atoms with Gasteiger partial charge in [-0.25, -0.2) is 4.79 Å². The van der Waals surface area contributed by atoms with E-state index in [4.69, 9.17) is 4.74 Å². The largest absolute Gasteiger partial charge is 0.424 e. The molecule has 1 aromatic carbocycles. The summed E-state index contributed by atoms with van der Waals surface area (Å²) in [5.41, 5.74) is 0.758. The molecule has 0 saturated carbocycles. The second-order valence-electron chi connectivity index (χ2n) is 4.11. The lowest BCUT2D eigenvalue weighted by Crippen LogP contribution is -2.20. The quantitative estimate of drug-likeness (QED) is 0.609. The van der Waals surface area contributed by atoms with E-state index < -0.39 is 5.97 Å². The second-order valence-corrected chi connectivity index (χ2v) is 4.11. The van der Waals surface area contributed by atoms with Crippen LogP contribution in [0.25, 0.3) is 0 Å². The zero-order chi connectivity index (χ0) is 14.0. The van der Waals surface area contributed by atoms with Gasteiger partial charge in [0.05, 0.1) is 5.56 Å². The van der Waals surface area contributed by atoms with Crippen molar-refractivity contribution in [2.75, 3.05) is 13.7 Å². The third-order valence-corrected chi connectivity index (χ3v) is 2.71. The van der Waals surface area contributed by atoms with E-state index in [1.165, 1.54) is 19.3 Å². The van der Waals surface area contributed by atoms with Gasteiger partial charge in [-0.3, -0.25) is 9.59 Å². The fraction of sp³-hybridized carbons (Fsp3) is 0.214. The van der Waals surface area contributed by atoms with Crippen molar-refractivity contribution in [3.8, 4) is 5.75 Å². The van der Waals surface area contributed by atoms with Crippen LogP contribution in [0.1, 0.15) is 27.6 Å². The van der Waals surface area contributed by atoms with E-state index in [9.17, 15) is 14.4 Å². The molecular weight excluding hydrogens is 248 g/mol. The summed E-state index contributed by atoms with van der Waals surface area (Å²) in [5, 5.41) is 0. The van der Waals surface area contributed by atoms with Gasteiger partial charge in [-0.1, -0.05) is 12.1 Å². The summed E-state index contributed by atoms with van der Waals surface area (Å²) in [6.45, 7) is 1.35. The van der Waals surface area contributed by atoms with Crippen molar-refractivity contribution < 1.29 is 23.9 Å². The first kappa shape index (κ1) is 13.2. The number of carbonyl (C=O) groups excluding carboxylic acids is 3. The Balaban J connectivity index is 2.43. The van der Waals surface area contributed by atoms with E-state index in [0.29, 0.717) is 5.57 Å². The standard InChI is InChI=1S/C14H12O5/c1-8-6-10(15)13-9(14(8)17)4-3-5-11(13)19-12(16)7-18-2/h3-6H,7H2,1-2H3. The van der Waals surface area contributed by atoms with Gasteiger partial charge in [-0.2, -0.15) is 0 Å². The lowest BCUT2D eigenvalue weighted by Gasteiger charge is -2.15. The topological polar surface area (TPSA) is 69.7 Å². The monoisotopic (exact) mass is 260 g/mol. The lowest BCUT2D eigenvalue weighted by molar-refractivity contribution is -0.138. The number of ketones is 2. The number of benzene rings is 1. The molecule has 0 saturated heterocycles. The van der Waals surface area contributed by atoms with E-state index in [1.807, 2.05) is 0 Å². The zero-order valence-electron chi connectivity index (χ0n) is 10.6. The number of fused-ring (bicyclic) bond motifs is 1. The average Bonchev–Trinajstić information content (AvgIpc) is 2.36. The van der Waals surface area contributed by atoms with Crippen LogP contribution in [0.4, 0.5) is 0 Å². The molecule has 0 N–H and O–H groups in total. The maximum atomic E-state index is 12.0. The predicted molar refractivity (Wildman–Crippen MR) is 66.4 cm³/mol. The summed E-state index contributed by atoms with van der Waals surface area (Å²) in [5.74, 6) is -1.11. The lowest BCUT2D eigenvalue weighted by atomic mass is 9.89. The van der Waals surface area contributed by atoms with Gasteiger partial charge in [0.15, 0.2) is 11.6 Å². The van der Waals surface area contributed by atoms with Gasteiger partial charge in [-0.15, -0.1) is 0 Å². The maximum absolute atomic E-state index is 12.0. The molecule has 1 aliphatic carbocycles. The number of ether oxygens (including phenoxy) is 2. The van der Waals surface area contributed by atoms with Crippen molar-refractivity contribution in [1.82, 2.24) is 0 Å². The zero-order valence-corrected chi connectivity index (χ0v) is 10.6. The molecule has 0 atom stereocenters. The molecule has 0 amide bonds. The fourth-order valence-electron chi connectivity index (χ4n) is 1.88. The summed E-state index contributed by atoms with van der Waals surface area (Å²) in [6, 6.07) is 4.59. The summed E-state index contributed by atoms with van der Waals surface area (Å²) >= 11 is 0. The highest BCUT2D eigenvalue weighted by molar-refractivity contribution is 6.25. The summed E-state index contributed by atoms with van der Waals surface area (Å²) in [6.07, 6.45) is 1.25. The number of rotatable bonds is 3. The van der Waals surface area contributed by atoms with Crippen molar-refractivity contribution in [1.29, 1.82) is 0 Å². The minimum absolute atomic E-state index is 0.0849. The van der Waals surface area contributed by atoms with E-state index in [1.54, 1.807) is 19.1 Å². The third kappa shape index (κ3) is 2.46. The number of hydrogen-bond donors (Lipinski definition) is 0. The van der Waals surface area contributed by atoms with Gasteiger partial charge in [0.2, 0.25) is 0 Å². The third-order valence-electron chi connectivity index (χ3n) is 2.71. The number of carbonyl (C=O) groups is 3. The highest BCUT2D eigenvalue weighted by atomic mass is 16.6. The van der Waals surface area contributed by atoms with E-state index in [-0.39, 0.29) is 35.0 Å². The Bertz CT molecular complexity index is 598. The molecule has 19 heavy (non-hydrogen) atoms. The number of esters is 1. The Kier molecular flexibility index (Phi) is 3.57. The smallest absolute Gasteiger partial charge is 0.337 e. The Morgan fingerprint density at radius 3 is 2.68 bits per heavy atom. The predicted octanol–water partition coefficient (Wildman–Crippen LogP) is 1.56. The second kappa shape index (κ2) is 5.16. The molecule has 0 heterocycles. The molecule has 1 aliphatic rings. The maximum Gasteiger partial charge on any atom is 0.337 e. The summed E-state index contributed by atoms with van der Waals surface area (Å²) < 4.78 is 9.69. The molecule has 5 heteroatoms. The molecule has 0 aromatic heterocycles. The van der Waals surface area contributed by atoms with E-state index >= 15 is 0 Å². The van der Waals surface area contributed by atoms with Crippen molar-refractivity contribution in [3.63, 3.8) is 0 Å². The number of allylic oxidation sites excluding steroid dienone is 2. The molecule has 0 radical (unpaired) electrons. The van der Waals surface area contributed by atoms with Crippen molar-refractivity contribution in [2.24, 2.45) is 0 Å². The van der Waals surface area contributed by atoms with Crippen LogP contribution < -0.4 is 4.74 Å². The first-order valence-corrected chi connectivity index (χ1v) is 5.64. The molecular formula is C14H12O5. The molecule has 0 bridgehead atoms. The van der Waals surface area contributed by atoms with Crippen molar-refractivity contribution in [2.45, 2.75) is 6.92 Å². The Morgan fingerprint density at radius 1 is 1.26 bits per heavy atom. The minimum Gasteiger partial charge on any atom is -0.424 e. The number of hydrogen-bond acceptors (Lipinski definition) is 5. The first-order chi connectivity index (χ1) is 9.04. The van der Waals surface area contributed by atoms with Gasteiger partial charge in [-0.05, 0) is 19.1 Å². The van der Waals surface area contributed by atoms with E-state index in [0.717, 1.165) is 0 Å². The van der Waals surface area contributed by atoms with Crippen LogP contribution in [0, 0.1) is 0 Å². The molecule has 5 nitrogen and oxygen atoms in total. The van der Waals surface area contributed by atoms with Gasteiger partial charge < -0.3 is 9.47 Å². The molecule has 0 aliphatic heterocycles. The van der Waals surface area contributed by atoms with Crippen molar-refractivity contribution in [3.05, 3.63) is 41.0 Å². The Morgan fingerprint density at radius 2 is 2.00 bits per heavy atom. The van der Waals surface area contributed by atoms with Crippen LogP contribution in [-0.2, 0) is 9.53 Å². The summed E-state index contributed by atoms with van der Waals surface area (Å²) in [7, 11) is 1.36. The van der Waals surface area contributed by atoms with Crippen LogP contribution >= 0.6 is 0 Å². The number of Topliss-reactive ketones (excluding diaryl/α,β-unsaturated/α-hetero) is 1. The van der Waals surface area contributed by atoms with Gasteiger partial charge in [0.25, 0.3) is 0 Å². The molecule has 0 spiro atoms. The SMILES string of the molecule is COCC(=O)Oc1cccc2c1C(=O)C=C(C)C2=O. The van der Waals surface area contributed by atoms with Gasteiger partial charge >= 0.3 is 5.97 Å². The minimum atomic E-state index is -0.623. The number of methoxy groups -OCH3 is 1. The molecule has 0 unspecified atom stereocenters. The normalized spacial score (nSPS) is 13.9. The Hall–Kier alpha value is -2.27. The van der Waals surface area contributed by atoms with E-state index in [2.05, 4.69) is 4.74 Å². The summed E-state index contributed by atoms with van der Waals surface area (Å²) in [4.78, 5) is 35.3. The molecule has 0 fully saturated rings. The Labute approximate surface area is 109 Å². The molecule has 2 rings (SSSR count). The highest BCUT2D eigenvalue weighted by Crippen LogP contribution is 2.29.